The zero-order chi connectivity index (χ0) is 9.99. The molecule has 1 amide bonds. The summed E-state index contributed by atoms with van der Waals surface area (Å²) in [6, 6.07) is 0. The maximum Gasteiger partial charge on any atom is 0.217 e. The van der Waals surface area contributed by atoms with Gasteiger partial charge in [0, 0.05) is 17.9 Å². The summed E-state index contributed by atoms with van der Waals surface area (Å²) in [6.07, 6.45) is 0. The van der Waals surface area contributed by atoms with Crippen molar-refractivity contribution >= 4 is 5.91 Å². The van der Waals surface area contributed by atoms with Crippen LogP contribution in [0, 0.1) is 5.41 Å². The van der Waals surface area contributed by atoms with Crippen LogP contribution in [-0.2, 0) is 4.79 Å². The van der Waals surface area contributed by atoms with Gasteiger partial charge in [0.2, 0.25) is 5.91 Å². The van der Waals surface area contributed by atoms with Crippen LogP contribution >= 0.6 is 0 Å². The maximum atomic E-state index is 10.8. The second-order valence-electron chi connectivity index (χ2n) is 4.35. The van der Waals surface area contributed by atoms with Crippen LogP contribution in [0.15, 0.2) is 0 Å². The van der Waals surface area contributed by atoms with Gasteiger partial charge in [-0.3, -0.25) is 4.79 Å². The zero-order valence-electron chi connectivity index (χ0n) is 8.56. The van der Waals surface area contributed by atoms with Crippen LogP contribution in [0.1, 0.15) is 34.6 Å². The molecule has 2 N–H and O–H groups in total. The first-order chi connectivity index (χ1) is 5.23. The van der Waals surface area contributed by atoms with Gasteiger partial charge in [-0.15, -0.1) is 0 Å². The molecule has 0 heterocycles. The number of amides is 1. The summed E-state index contributed by atoms with van der Waals surface area (Å²) < 4.78 is 0. The molecule has 0 spiro atoms. The SMILES string of the molecule is CC(=O)NC(C)(C)C(C)(C)CO. The monoisotopic (exact) mass is 173 g/mol. The summed E-state index contributed by atoms with van der Waals surface area (Å²) in [5.41, 5.74) is -0.688. The first-order valence-corrected chi connectivity index (χ1v) is 4.12. The van der Waals surface area contributed by atoms with Crippen LogP contribution in [0.25, 0.3) is 0 Å². The van der Waals surface area contributed by atoms with Crippen LogP contribution in [0.2, 0.25) is 0 Å². The molecule has 12 heavy (non-hydrogen) atoms. The Balaban J connectivity index is 4.48. The van der Waals surface area contributed by atoms with Crippen LogP contribution < -0.4 is 5.32 Å². The molecule has 3 nitrogen and oxygen atoms in total. The molecule has 0 unspecified atom stereocenters. The van der Waals surface area contributed by atoms with Gasteiger partial charge < -0.3 is 10.4 Å². The molecule has 0 aliphatic rings. The number of rotatable bonds is 3. The van der Waals surface area contributed by atoms with E-state index in [-0.39, 0.29) is 23.5 Å². The topological polar surface area (TPSA) is 49.3 Å². The van der Waals surface area contributed by atoms with Crippen molar-refractivity contribution in [3.63, 3.8) is 0 Å². The summed E-state index contributed by atoms with van der Waals surface area (Å²) in [5, 5.41) is 11.9. The second kappa shape index (κ2) is 3.44. The third-order valence-electron chi connectivity index (χ3n) is 2.58. The first kappa shape index (κ1) is 11.4. The van der Waals surface area contributed by atoms with Gasteiger partial charge in [0.1, 0.15) is 0 Å². The molecule has 0 aromatic heterocycles. The summed E-state index contributed by atoms with van der Waals surface area (Å²) in [5.74, 6) is -0.0680. The average molecular weight is 173 g/mol. The fraction of sp³-hybridized carbons (Fsp3) is 0.889. The van der Waals surface area contributed by atoms with Crippen LogP contribution in [0.4, 0.5) is 0 Å². The van der Waals surface area contributed by atoms with E-state index in [4.69, 9.17) is 5.11 Å². The Hall–Kier alpha value is -0.570. The molecule has 0 rings (SSSR count). The number of carbonyl (C=O) groups is 1. The number of carbonyl (C=O) groups excluding carboxylic acids is 1. The predicted molar refractivity (Wildman–Crippen MR) is 48.8 cm³/mol. The lowest BCUT2D eigenvalue weighted by Gasteiger charge is -2.40. The fourth-order valence-electron chi connectivity index (χ4n) is 0.807. The zero-order valence-corrected chi connectivity index (χ0v) is 8.56. The highest BCUT2D eigenvalue weighted by Crippen LogP contribution is 2.29. The van der Waals surface area contributed by atoms with Gasteiger partial charge in [-0.05, 0) is 13.8 Å². The Bertz CT molecular complexity index is 173. The van der Waals surface area contributed by atoms with E-state index < -0.39 is 0 Å². The van der Waals surface area contributed by atoms with Crippen LogP contribution in [-0.4, -0.2) is 23.2 Å². The van der Waals surface area contributed by atoms with E-state index in [1.165, 1.54) is 6.92 Å². The molecule has 72 valence electrons. The van der Waals surface area contributed by atoms with Gasteiger partial charge in [-0.2, -0.15) is 0 Å². The van der Waals surface area contributed by atoms with E-state index >= 15 is 0 Å². The maximum absolute atomic E-state index is 10.8. The molecule has 0 radical (unpaired) electrons. The molecular formula is C9H19NO2. The molecule has 0 bridgehead atoms. The van der Waals surface area contributed by atoms with Crippen molar-refractivity contribution < 1.29 is 9.90 Å². The Labute approximate surface area is 74.2 Å². The summed E-state index contributed by atoms with van der Waals surface area (Å²) in [7, 11) is 0. The average Bonchev–Trinajstić information content (AvgIpc) is 1.84. The van der Waals surface area contributed by atoms with Crippen molar-refractivity contribution in [2.75, 3.05) is 6.61 Å². The van der Waals surface area contributed by atoms with E-state index in [0.29, 0.717) is 0 Å². The lowest BCUT2D eigenvalue weighted by molar-refractivity contribution is -0.122. The van der Waals surface area contributed by atoms with Crippen molar-refractivity contribution in [2.45, 2.75) is 40.2 Å². The van der Waals surface area contributed by atoms with Crippen molar-refractivity contribution in [2.24, 2.45) is 5.41 Å². The van der Waals surface area contributed by atoms with Gasteiger partial charge in [0.05, 0.1) is 6.61 Å². The normalized spacial score (nSPS) is 12.8. The predicted octanol–water partition coefficient (Wildman–Crippen LogP) is 0.920. The Morgan fingerprint density at radius 2 is 1.75 bits per heavy atom. The smallest absolute Gasteiger partial charge is 0.217 e. The Kier molecular flexibility index (Phi) is 3.27. The van der Waals surface area contributed by atoms with Gasteiger partial charge >= 0.3 is 0 Å². The molecule has 0 saturated carbocycles. The van der Waals surface area contributed by atoms with Gasteiger partial charge in [-0.1, -0.05) is 13.8 Å². The lowest BCUT2D eigenvalue weighted by atomic mass is 9.75. The number of hydrogen-bond acceptors (Lipinski definition) is 2. The molecule has 0 saturated heterocycles. The number of hydrogen-bond donors (Lipinski definition) is 2. The second-order valence-corrected chi connectivity index (χ2v) is 4.35. The highest BCUT2D eigenvalue weighted by molar-refractivity contribution is 5.73. The first-order valence-electron chi connectivity index (χ1n) is 4.12. The van der Waals surface area contributed by atoms with Crippen molar-refractivity contribution in [3.05, 3.63) is 0 Å². The molecular weight excluding hydrogens is 154 g/mol. The standard InChI is InChI=1S/C9H19NO2/c1-7(12)10-9(4,5)8(2,3)6-11/h11H,6H2,1-5H3,(H,10,12). The van der Waals surface area contributed by atoms with Crippen molar-refractivity contribution in [1.29, 1.82) is 0 Å². The molecule has 3 heteroatoms. The highest BCUT2D eigenvalue weighted by Gasteiger charge is 2.36. The number of aliphatic hydroxyl groups is 1. The minimum absolute atomic E-state index is 0.0558. The van der Waals surface area contributed by atoms with E-state index in [0.717, 1.165) is 0 Å². The van der Waals surface area contributed by atoms with Crippen LogP contribution in [0.3, 0.4) is 0 Å². The third-order valence-corrected chi connectivity index (χ3v) is 2.58. The molecule has 0 atom stereocenters. The Morgan fingerprint density at radius 3 is 2.00 bits per heavy atom. The van der Waals surface area contributed by atoms with E-state index in [1.807, 2.05) is 27.7 Å². The minimum atomic E-state index is -0.381. The highest BCUT2D eigenvalue weighted by atomic mass is 16.3. The number of nitrogens with one attached hydrogen (secondary N) is 1. The molecule has 0 aliphatic heterocycles. The van der Waals surface area contributed by atoms with E-state index in [1.54, 1.807) is 0 Å². The minimum Gasteiger partial charge on any atom is -0.396 e. The lowest BCUT2D eigenvalue weighted by Crippen LogP contribution is -2.54. The molecule has 0 aliphatic carbocycles. The van der Waals surface area contributed by atoms with Gasteiger partial charge in [0.15, 0.2) is 0 Å². The quantitative estimate of drug-likeness (QED) is 0.666. The van der Waals surface area contributed by atoms with E-state index in [9.17, 15) is 4.79 Å². The summed E-state index contributed by atoms with van der Waals surface area (Å²) >= 11 is 0. The van der Waals surface area contributed by atoms with Crippen molar-refractivity contribution in [1.82, 2.24) is 5.32 Å². The molecule has 0 fully saturated rings. The van der Waals surface area contributed by atoms with Gasteiger partial charge in [-0.25, -0.2) is 0 Å². The Morgan fingerprint density at radius 1 is 1.33 bits per heavy atom. The summed E-state index contributed by atoms with van der Waals surface area (Å²) in [6.45, 7) is 9.19. The molecule has 0 aromatic carbocycles. The largest absolute Gasteiger partial charge is 0.396 e. The van der Waals surface area contributed by atoms with Crippen molar-refractivity contribution in [3.8, 4) is 0 Å². The molecule has 0 aromatic rings. The fourth-order valence-corrected chi connectivity index (χ4v) is 0.807. The van der Waals surface area contributed by atoms with Gasteiger partial charge in [0.25, 0.3) is 0 Å². The van der Waals surface area contributed by atoms with Crippen LogP contribution in [0.5, 0.6) is 0 Å². The third kappa shape index (κ3) is 2.48. The van der Waals surface area contributed by atoms with E-state index in [2.05, 4.69) is 5.32 Å². The number of aliphatic hydroxyl groups excluding tert-OH is 1. The summed E-state index contributed by atoms with van der Waals surface area (Å²) in [4.78, 5) is 10.8.